The predicted octanol–water partition coefficient (Wildman–Crippen LogP) is -0.290. The molecule has 1 aliphatic heterocycles. The van der Waals surface area contributed by atoms with Gasteiger partial charge in [-0.2, -0.15) is 4.98 Å². The highest BCUT2D eigenvalue weighted by molar-refractivity contribution is 6.31. The lowest BCUT2D eigenvalue weighted by atomic mass is 10.3. The van der Waals surface area contributed by atoms with Crippen LogP contribution in [0.2, 0.25) is 5.15 Å². The number of ether oxygens (including phenoxy) is 2. The first-order valence-electron chi connectivity index (χ1n) is 6.29. The molecule has 0 amide bonds. The van der Waals surface area contributed by atoms with Crippen LogP contribution >= 0.6 is 11.6 Å². The Morgan fingerprint density at radius 1 is 1.50 bits per heavy atom. The van der Waals surface area contributed by atoms with Crippen LogP contribution in [0.5, 0.6) is 0 Å². The average Bonchev–Trinajstić information content (AvgIpc) is 2.89. The molecule has 3 N–H and O–H groups in total. The molecule has 0 unspecified atom stereocenters. The van der Waals surface area contributed by atoms with Gasteiger partial charge in [-0.1, -0.05) is 11.6 Å². The lowest BCUT2D eigenvalue weighted by molar-refractivity contribution is -0.0298. The minimum Gasteiger partial charge on any atom is -0.388 e. The minimum absolute atomic E-state index is 0.0157. The first-order chi connectivity index (χ1) is 9.60. The lowest BCUT2D eigenvalue weighted by Gasteiger charge is -2.17. The first-order valence-corrected chi connectivity index (χ1v) is 6.67. The van der Waals surface area contributed by atoms with Crippen LogP contribution in [0.15, 0.2) is 0 Å². The van der Waals surface area contributed by atoms with Crippen molar-refractivity contribution >= 4 is 23.4 Å². The average molecular weight is 304 g/mol. The number of nitrogens with zero attached hydrogens (tertiary/aromatic N) is 4. The number of halogens is 1. The molecule has 0 aliphatic carbocycles. The van der Waals surface area contributed by atoms with E-state index >= 15 is 0 Å². The molecule has 2 heterocycles. The van der Waals surface area contributed by atoms with Gasteiger partial charge in [0, 0.05) is 20.2 Å². The van der Waals surface area contributed by atoms with Crippen LogP contribution in [-0.4, -0.2) is 65.9 Å². The summed E-state index contributed by atoms with van der Waals surface area (Å²) >= 11 is 5.69. The second kappa shape index (κ2) is 6.98. The zero-order chi connectivity index (χ0) is 14.5. The zero-order valence-corrected chi connectivity index (χ0v) is 12.0. The number of methoxy groups -OCH3 is 1. The van der Waals surface area contributed by atoms with E-state index in [2.05, 4.69) is 15.2 Å². The Balaban J connectivity index is 1.84. The standard InChI is InChI=1S/C11H18ClN5O3/c1-19-5-7(18)6-20-8-2-3-17(4-8)11-14-10(13)9(12)15-16-11/h7-8,18H,2-6H2,1H3,(H2,13,14,16)/t7-,8+/m1/s1. The van der Waals surface area contributed by atoms with E-state index in [4.69, 9.17) is 26.8 Å². The van der Waals surface area contributed by atoms with Crippen LogP contribution in [0, 0.1) is 0 Å². The van der Waals surface area contributed by atoms with Crippen molar-refractivity contribution in [2.75, 3.05) is 44.0 Å². The van der Waals surface area contributed by atoms with Crippen LogP contribution in [-0.2, 0) is 9.47 Å². The summed E-state index contributed by atoms with van der Waals surface area (Å²) in [6, 6.07) is 0. The van der Waals surface area contributed by atoms with Crippen molar-refractivity contribution in [2.24, 2.45) is 0 Å². The van der Waals surface area contributed by atoms with Gasteiger partial charge in [-0.3, -0.25) is 0 Å². The molecule has 1 fully saturated rings. The summed E-state index contributed by atoms with van der Waals surface area (Å²) in [7, 11) is 1.54. The molecule has 0 bridgehead atoms. The third-order valence-electron chi connectivity index (χ3n) is 2.97. The zero-order valence-electron chi connectivity index (χ0n) is 11.2. The lowest BCUT2D eigenvalue weighted by Crippen LogP contribution is -2.28. The van der Waals surface area contributed by atoms with Crippen molar-refractivity contribution < 1.29 is 14.6 Å². The van der Waals surface area contributed by atoms with Gasteiger partial charge < -0.3 is 25.2 Å². The highest BCUT2D eigenvalue weighted by atomic mass is 35.5. The van der Waals surface area contributed by atoms with Gasteiger partial charge in [0.25, 0.3) is 0 Å². The smallest absolute Gasteiger partial charge is 0.247 e. The molecule has 9 heteroatoms. The fraction of sp³-hybridized carbons (Fsp3) is 0.727. The number of nitrogens with two attached hydrogens (primary N) is 1. The van der Waals surface area contributed by atoms with Crippen LogP contribution in [0.25, 0.3) is 0 Å². The topological polar surface area (TPSA) is 107 Å². The summed E-state index contributed by atoms with van der Waals surface area (Å²) in [6.07, 6.45) is 0.228. The molecular formula is C11H18ClN5O3. The number of aliphatic hydroxyl groups excluding tert-OH is 1. The van der Waals surface area contributed by atoms with Crippen LogP contribution < -0.4 is 10.6 Å². The molecule has 20 heavy (non-hydrogen) atoms. The van der Waals surface area contributed by atoms with Crippen molar-refractivity contribution in [2.45, 2.75) is 18.6 Å². The second-order valence-corrected chi connectivity index (χ2v) is 4.95. The van der Waals surface area contributed by atoms with Gasteiger partial charge in [0.15, 0.2) is 11.0 Å². The number of nitrogen functional groups attached to an aromatic ring is 1. The summed E-state index contributed by atoms with van der Waals surface area (Å²) in [5, 5.41) is 17.3. The van der Waals surface area contributed by atoms with Crippen molar-refractivity contribution in [3.05, 3.63) is 5.15 Å². The quantitative estimate of drug-likeness (QED) is 0.738. The van der Waals surface area contributed by atoms with E-state index in [1.807, 2.05) is 4.90 Å². The summed E-state index contributed by atoms with van der Waals surface area (Å²) in [6.45, 7) is 1.88. The Bertz CT molecular complexity index is 450. The number of rotatable bonds is 6. The summed E-state index contributed by atoms with van der Waals surface area (Å²) < 4.78 is 10.5. The maximum atomic E-state index is 9.53. The molecule has 1 aliphatic rings. The summed E-state index contributed by atoms with van der Waals surface area (Å²) in [5.41, 5.74) is 5.60. The van der Waals surface area contributed by atoms with E-state index in [1.165, 1.54) is 7.11 Å². The van der Waals surface area contributed by atoms with Gasteiger partial charge in [0.2, 0.25) is 5.95 Å². The SMILES string of the molecule is COC[C@@H](O)CO[C@H]1CCN(c2nnc(Cl)c(N)n2)C1. The van der Waals surface area contributed by atoms with E-state index in [1.54, 1.807) is 0 Å². The highest BCUT2D eigenvalue weighted by Gasteiger charge is 2.26. The minimum atomic E-state index is -0.613. The molecule has 8 nitrogen and oxygen atoms in total. The molecule has 1 saturated heterocycles. The fourth-order valence-corrected chi connectivity index (χ4v) is 2.06. The maximum absolute atomic E-state index is 9.53. The second-order valence-electron chi connectivity index (χ2n) is 4.59. The highest BCUT2D eigenvalue weighted by Crippen LogP contribution is 2.20. The number of aromatic nitrogens is 3. The first kappa shape index (κ1) is 15.2. The molecule has 0 aromatic carbocycles. The predicted molar refractivity (Wildman–Crippen MR) is 73.7 cm³/mol. The third kappa shape index (κ3) is 3.89. The van der Waals surface area contributed by atoms with Crippen LogP contribution in [0.3, 0.4) is 0 Å². The Morgan fingerprint density at radius 2 is 2.30 bits per heavy atom. The van der Waals surface area contributed by atoms with E-state index in [-0.39, 0.29) is 30.3 Å². The number of aliphatic hydroxyl groups is 1. The summed E-state index contributed by atoms with van der Waals surface area (Å²) in [5.74, 6) is 0.604. The van der Waals surface area contributed by atoms with Crippen molar-refractivity contribution in [1.82, 2.24) is 15.2 Å². The number of anilines is 2. The molecule has 0 saturated carbocycles. The Morgan fingerprint density at radius 3 is 3.00 bits per heavy atom. The van der Waals surface area contributed by atoms with Gasteiger partial charge in [0.05, 0.1) is 19.3 Å². The van der Waals surface area contributed by atoms with Gasteiger partial charge in [-0.05, 0) is 6.42 Å². The van der Waals surface area contributed by atoms with Crippen molar-refractivity contribution in [3.8, 4) is 0 Å². The van der Waals surface area contributed by atoms with Crippen molar-refractivity contribution in [1.29, 1.82) is 0 Å². The Kier molecular flexibility index (Phi) is 5.30. The van der Waals surface area contributed by atoms with Gasteiger partial charge in [0.1, 0.15) is 6.10 Å². The van der Waals surface area contributed by atoms with E-state index in [0.29, 0.717) is 12.5 Å². The van der Waals surface area contributed by atoms with E-state index in [0.717, 1.165) is 13.0 Å². The van der Waals surface area contributed by atoms with E-state index in [9.17, 15) is 5.11 Å². The van der Waals surface area contributed by atoms with Gasteiger partial charge >= 0.3 is 0 Å². The summed E-state index contributed by atoms with van der Waals surface area (Å²) in [4.78, 5) is 6.01. The Hall–Kier alpha value is -1.22. The van der Waals surface area contributed by atoms with Crippen LogP contribution in [0.4, 0.5) is 11.8 Å². The van der Waals surface area contributed by atoms with E-state index < -0.39 is 6.10 Å². The van der Waals surface area contributed by atoms with Crippen molar-refractivity contribution in [3.63, 3.8) is 0 Å². The maximum Gasteiger partial charge on any atom is 0.247 e. The Labute approximate surface area is 121 Å². The molecule has 1 aromatic heterocycles. The number of hydrogen-bond acceptors (Lipinski definition) is 8. The molecule has 2 atom stereocenters. The monoisotopic (exact) mass is 303 g/mol. The van der Waals surface area contributed by atoms with Gasteiger partial charge in [-0.15, -0.1) is 10.2 Å². The van der Waals surface area contributed by atoms with Gasteiger partial charge in [-0.25, -0.2) is 0 Å². The third-order valence-corrected chi connectivity index (χ3v) is 3.24. The number of hydrogen-bond donors (Lipinski definition) is 2. The molecule has 0 radical (unpaired) electrons. The molecular weight excluding hydrogens is 286 g/mol. The van der Waals surface area contributed by atoms with Crippen LogP contribution in [0.1, 0.15) is 6.42 Å². The molecule has 1 aromatic rings. The fourth-order valence-electron chi connectivity index (χ4n) is 1.98. The largest absolute Gasteiger partial charge is 0.388 e. The molecule has 112 valence electrons. The molecule has 0 spiro atoms. The molecule has 2 rings (SSSR count). The normalized spacial score (nSPS) is 20.4.